The van der Waals surface area contributed by atoms with Crippen molar-refractivity contribution in [1.29, 1.82) is 0 Å². The summed E-state index contributed by atoms with van der Waals surface area (Å²) >= 11 is 0. The summed E-state index contributed by atoms with van der Waals surface area (Å²) in [6.45, 7) is 0.495. The number of benzene rings is 3. The number of carboxylic acid groups (broad SMARTS) is 1. The molecule has 0 amide bonds. The molecule has 0 aliphatic heterocycles. The van der Waals surface area contributed by atoms with Gasteiger partial charge in [0.2, 0.25) is 0 Å². The first-order valence-corrected chi connectivity index (χ1v) is 9.41. The molecule has 0 fully saturated rings. The minimum atomic E-state index is -1.24. The fraction of sp³-hybridized carbons (Fsp3) is 0.167. The van der Waals surface area contributed by atoms with Gasteiger partial charge >= 0.3 is 29.6 Å². The Bertz CT molecular complexity index is 915. The van der Waals surface area contributed by atoms with Crippen molar-refractivity contribution in [3.63, 3.8) is 0 Å². The average molecular weight is 411 g/mol. The Morgan fingerprint density at radius 1 is 0.900 bits per heavy atom. The van der Waals surface area contributed by atoms with E-state index in [1.54, 1.807) is 30.5 Å². The largest absolute Gasteiger partial charge is 1.00 e. The zero-order valence-corrected chi connectivity index (χ0v) is 18.9. The molecule has 0 bridgehead atoms. The van der Waals surface area contributed by atoms with Gasteiger partial charge in [0, 0.05) is 12.8 Å². The molecule has 1 atom stereocenters. The zero-order valence-electron chi connectivity index (χ0n) is 16.9. The minimum Gasteiger partial charge on any atom is -0.546 e. The van der Waals surface area contributed by atoms with Crippen molar-refractivity contribution in [2.75, 3.05) is 6.61 Å². The minimum absolute atomic E-state index is 0. The first kappa shape index (κ1) is 23.7. The first-order valence-electron chi connectivity index (χ1n) is 9.41. The maximum atomic E-state index is 11.4. The van der Waals surface area contributed by atoms with Crippen LogP contribution in [-0.2, 0) is 22.5 Å². The summed E-state index contributed by atoms with van der Waals surface area (Å²) in [4.78, 5) is 16.7. The van der Waals surface area contributed by atoms with Gasteiger partial charge in [0.25, 0.3) is 0 Å². The van der Waals surface area contributed by atoms with Crippen molar-refractivity contribution in [3.8, 4) is 5.75 Å². The summed E-state index contributed by atoms with van der Waals surface area (Å²) in [7, 11) is 0. The number of oxime groups is 1. The quantitative estimate of drug-likeness (QED) is 0.204. The van der Waals surface area contributed by atoms with Crippen molar-refractivity contribution in [2.24, 2.45) is 5.16 Å². The maximum Gasteiger partial charge on any atom is 1.00 e. The van der Waals surface area contributed by atoms with E-state index >= 15 is 0 Å². The predicted octanol–water partition coefficient (Wildman–Crippen LogP) is 0.0238. The average Bonchev–Trinajstić information content (AvgIpc) is 2.75. The summed E-state index contributed by atoms with van der Waals surface area (Å²) in [5.74, 6) is -0.788. The van der Waals surface area contributed by atoms with Crippen LogP contribution in [0, 0.1) is 0 Å². The van der Waals surface area contributed by atoms with E-state index in [-0.39, 0.29) is 36.0 Å². The monoisotopic (exact) mass is 411 g/mol. The summed E-state index contributed by atoms with van der Waals surface area (Å²) in [6, 6.07) is 26.3. The van der Waals surface area contributed by atoms with E-state index in [0.29, 0.717) is 12.4 Å². The molecule has 0 radical (unpaired) electrons. The Labute approximate surface area is 198 Å². The van der Waals surface area contributed by atoms with Gasteiger partial charge < -0.3 is 19.5 Å². The van der Waals surface area contributed by atoms with Crippen LogP contribution in [0.25, 0.3) is 0 Å². The number of rotatable bonds is 10. The Morgan fingerprint density at radius 2 is 1.50 bits per heavy atom. The van der Waals surface area contributed by atoms with Crippen LogP contribution < -0.4 is 39.4 Å². The maximum absolute atomic E-state index is 11.4. The van der Waals surface area contributed by atoms with Crippen LogP contribution >= 0.6 is 0 Å². The molecule has 0 saturated heterocycles. The van der Waals surface area contributed by atoms with Crippen LogP contribution in [-0.4, -0.2) is 24.9 Å². The summed E-state index contributed by atoms with van der Waals surface area (Å²) in [6.07, 6.45) is 1.58. The number of carbonyl (C=O) groups is 1. The third-order valence-corrected chi connectivity index (χ3v) is 4.29. The Morgan fingerprint density at radius 3 is 2.10 bits per heavy atom. The van der Waals surface area contributed by atoms with Crippen LogP contribution in [0.1, 0.15) is 16.7 Å². The van der Waals surface area contributed by atoms with Crippen molar-refractivity contribution >= 4 is 12.2 Å². The molecule has 0 heterocycles. The SMILES string of the molecule is O=C([O-])C(Cc1ccccc1)Oc1ccc(/C=N/OCCc2ccccc2)cc1.[Na+]. The third-order valence-electron chi connectivity index (χ3n) is 4.29. The van der Waals surface area contributed by atoms with Gasteiger partial charge in [0.1, 0.15) is 18.5 Å². The molecule has 0 spiro atoms. The van der Waals surface area contributed by atoms with Crippen LogP contribution in [0.5, 0.6) is 5.75 Å². The summed E-state index contributed by atoms with van der Waals surface area (Å²) in [5, 5.41) is 15.4. The van der Waals surface area contributed by atoms with Crippen LogP contribution in [0.3, 0.4) is 0 Å². The number of hydrogen-bond acceptors (Lipinski definition) is 5. The molecule has 3 aromatic rings. The zero-order chi connectivity index (χ0) is 20.3. The van der Waals surface area contributed by atoms with E-state index in [1.165, 1.54) is 5.56 Å². The molecular weight excluding hydrogens is 389 g/mol. The van der Waals surface area contributed by atoms with E-state index in [4.69, 9.17) is 9.57 Å². The van der Waals surface area contributed by atoms with E-state index in [2.05, 4.69) is 5.16 Å². The summed E-state index contributed by atoms with van der Waals surface area (Å²) in [5.41, 5.74) is 2.89. The predicted molar refractivity (Wildman–Crippen MR) is 110 cm³/mol. The number of hydrogen-bond donors (Lipinski definition) is 0. The molecule has 148 valence electrons. The second-order valence-corrected chi connectivity index (χ2v) is 6.49. The third kappa shape index (κ3) is 8.03. The fourth-order valence-electron chi connectivity index (χ4n) is 2.76. The normalized spacial score (nSPS) is 11.5. The second-order valence-electron chi connectivity index (χ2n) is 6.49. The summed E-state index contributed by atoms with van der Waals surface area (Å²) < 4.78 is 5.59. The van der Waals surface area contributed by atoms with Gasteiger partial charge in [-0.05, 0) is 41.0 Å². The van der Waals surface area contributed by atoms with E-state index < -0.39 is 12.1 Å². The number of carbonyl (C=O) groups excluding carboxylic acids is 1. The Kier molecular flexibility index (Phi) is 10.1. The number of aliphatic carboxylic acids is 1. The first-order chi connectivity index (χ1) is 14.2. The molecule has 30 heavy (non-hydrogen) atoms. The molecule has 0 N–H and O–H groups in total. The number of ether oxygens (including phenoxy) is 1. The molecule has 0 aliphatic carbocycles. The van der Waals surface area contributed by atoms with Gasteiger partial charge in [-0.3, -0.25) is 0 Å². The smallest absolute Gasteiger partial charge is 0.546 e. The van der Waals surface area contributed by atoms with E-state index in [0.717, 1.165) is 17.5 Å². The molecule has 5 nitrogen and oxygen atoms in total. The molecule has 0 aromatic heterocycles. The molecule has 6 heteroatoms. The molecule has 0 aliphatic rings. The van der Waals surface area contributed by atoms with Gasteiger partial charge in [-0.15, -0.1) is 0 Å². The van der Waals surface area contributed by atoms with Crippen molar-refractivity contribution in [3.05, 3.63) is 102 Å². The number of nitrogens with zero attached hydrogens (tertiary/aromatic N) is 1. The second kappa shape index (κ2) is 12.9. The van der Waals surface area contributed by atoms with Crippen LogP contribution in [0.4, 0.5) is 0 Å². The van der Waals surface area contributed by atoms with Crippen molar-refractivity contribution in [2.45, 2.75) is 18.9 Å². The Balaban J connectivity index is 0.00000320. The van der Waals surface area contributed by atoms with Gasteiger partial charge in [0.15, 0.2) is 0 Å². The standard InChI is InChI=1S/C24H23NO4.Na/c26-24(27)23(17-20-9-5-2-6-10-20)29-22-13-11-21(12-14-22)18-25-28-16-15-19-7-3-1-4-8-19;/h1-14,18,23H,15-17H2,(H,26,27);/q;+1/p-1/b25-18+;. The van der Waals surface area contributed by atoms with Crippen LogP contribution in [0.2, 0.25) is 0 Å². The van der Waals surface area contributed by atoms with Gasteiger partial charge in [-0.1, -0.05) is 65.8 Å². The molecule has 1 unspecified atom stereocenters. The number of carboxylic acids is 1. The fourth-order valence-corrected chi connectivity index (χ4v) is 2.76. The molecular formula is C24H22NNaO4. The molecule has 0 saturated carbocycles. The molecule has 3 aromatic carbocycles. The van der Waals surface area contributed by atoms with Crippen molar-refractivity contribution < 1.29 is 49.0 Å². The topological polar surface area (TPSA) is 71.0 Å². The molecule has 3 rings (SSSR count). The van der Waals surface area contributed by atoms with E-state index in [1.807, 2.05) is 60.7 Å². The van der Waals surface area contributed by atoms with Crippen molar-refractivity contribution in [1.82, 2.24) is 0 Å². The van der Waals surface area contributed by atoms with Crippen LogP contribution in [0.15, 0.2) is 90.1 Å². The van der Waals surface area contributed by atoms with Gasteiger partial charge in [-0.2, -0.15) is 0 Å². The van der Waals surface area contributed by atoms with E-state index in [9.17, 15) is 9.90 Å². The Hall–Kier alpha value is -2.60. The van der Waals surface area contributed by atoms with Gasteiger partial charge in [-0.25, -0.2) is 0 Å². The van der Waals surface area contributed by atoms with Gasteiger partial charge in [0.05, 0.1) is 12.2 Å².